The van der Waals surface area contributed by atoms with Gasteiger partial charge in [0, 0.05) is 23.1 Å². The van der Waals surface area contributed by atoms with Gasteiger partial charge < -0.3 is 11.5 Å². The van der Waals surface area contributed by atoms with Crippen molar-refractivity contribution in [1.82, 2.24) is 4.98 Å². The first-order chi connectivity index (χ1) is 9.22. The molecule has 0 unspecified atom stereocenters. The lowest BCUT2D eigenvalue weighted by Gasteiger charge is -1.98. The quantitative estimate of drug-likeness (QED) is 0.697. The molecule has 0 aliphatic rings. The Balaban J connectivity index is 2.00. The van der Waals surface area contributed by atoms with Gasteiger partial charge in [0.05, 0.1) is 4.88 Å². The molecule has 0 spiro atoms. The van der Waals surface area contributed by atoms with Gasteiger partial charge in [0.15, 0.2) is 0 Å². The number of thiazole rings is 1. The molecule has 3 rings (SSSR count). The Labute approximate surface area is 115 Å². The average Bonchev–Trinajstić information content (AvgIpc) is 2.88. The van der Waals surface area contributed by atoms with E-state index in [1.807, 2.05) is 54.7 Å². The topological polar surface area (TPSA) is 64.9 Å². The van der Waals surface area contributed by atoms with Gasteiger partial charge in [-0.3, -0.25) is 0 Å². The molecule has 0 aliphatic heterocycles. The highest BCUT2D eigenvalue weighted by atomic mass is 32.1. The van der Waals surface area contributed by atoms with E-state index in [0.717, 1.165) is 32.4 Å². The molecule has 94 valence electrons. The summed E-state index contributed by atoms with van der Waals surface area (Å²) < 4.78 is 0. The predicted octanol–water partition coefficient (Wildman–Crippen LogP) is 3.64. The minimum Gasteiger partial charge on any atom is -0.399 e. The van der Waals surface area contributed by atoms with Crippen LogP contribution in [0.5, 0.6) is 0 Å². The molecule has 3 nitrogen and oxygen atoms in total. The highest BCUT2D eigenvalue weighted by molar-refractivity contribution is 7.18. The standard InChI is InChI=1S/C15H13N3S/c16-12-5-1-3-10(7-12)14-9-18-15(19-14)11-4-2-6-13(17)8-11/h1-9H,16-17H2. The molecule has 0 atom stereocenters. The van der Waals surface area contributed by atoms with E-state index in [2.05, 4.69) is 4.98 Å². The smallest absolute Gasteiger partial charge is 0.123 e. The summed E-state index contributed by atoms with van der Waals surface area (Å²) in [6, 6.07) is 15.6. The summed E-state index contributed by atoms with van der Waals surface area (Å²) in [5.74, 6) is 0. The third-order valence-corrected chi connectivity index (χ3v) is 3.91. The minimum absolute atomic E-state index is 0.748. The summed E-state index contributed by atoms with van der Waals surface area (Å²) in [4.78, 5) is 5.56. The van der Waals surface area contributed by atoms with Gasteiger partial charge in [-0.1, -0.05) is 24.3 Å². The molecule has 4 N–H and O–H groups in total. The van der Waals surface area contributed by atoms with Gasteiger partial charge in [-0.05, 0) is 29.8 Å². The van der Waals surface area contributed by atoms with E-state index >= 15 is 0 Å². The second kappa shape index (κ2) is 4.74. The molecule has 1 aromatic heterocycles. The molecule has 2 aromatic carbocycles. The first-order valence-electron chi connectivity index (χ1n) is 5.90. The summed E-state index contributed by atoms with van der Waals surface area (Å²) in [6.45, 7) is 0. The zero-order chi connectivity index (χ0) is 13.2. The number of anilines is 2. The number of benzene rings is 2. The zero-order valence-electron chi connectivity index (χ0n) is 10.2. The number of nitrogen functional groups attached to an aromatic ring is 2. The van der Waals surface area contributed by atoms with Crippen molar-refractivity contribution >= 4 is 22.7 Å². The number of aromatic nitrogens is 1. The first-order valence-corrected chi connectivity index (χ1v) is 6.72. The third-order valence-electron chi connectivity index (χ3n) is 2.81. The maximum atomic E-state index is 5.80. The number of nitrogens with two attached hydrogens (primary N) is 2. The van der Waals surface area contributed by atoms with Crippen molar-refractivity contribution in [3.8, 4) is 21.0 Å². The van der Waals surface area contributed by atoms with Gasteiger partial charge in [-0.2, -0.15) is 0 Å². The van der Waals surface area contributed by atoms with Crippen molar-refractivity contribution in [1.29, 1.82) is 0 Å². The van der Waals surface area contributed by atoms with E-state index in [9.17, 15) is 0 Å². The summed E-state index contributed by atoms with van der Waals surface area (Å²) in [6.07, 6.45) is 1.87. The maximum Gasteiger partial charge on any atom is 0.123 e. The summed E-state index contributed by atoms with van der Waals surface area (Å²) >= 11 is 1.63. The molecule has 3 aromatic rings. The Hall–Kier alpha value is -2.33. The van der Waals surface area contributed by atoms with Crippen molar-refractivity contribution in [2.75, 3.05) is 11.5 Å². The summed E-state index contributed by atoms with van der Waals surface area (Å²) in [7, 11) is 0. The van der Waals surface area contributed by atoms with Crippen LogP contribution in [-0.2, 0) is 0 Å². The molecule has 0 saturated carbocycles. The lowest BCUT2D eigenvalue weighted by Crippen LogP contribution is -1.84. The van der Waals surface area contributed by atoms with E-state index < -0.39 is 0 Å². The number of nitrogens with zero attached hydrogens (tertiary/aromatic N) is 1. The van der Waals surface area contributed by atoms with Crippen LogP contribution in [0.1, 0.15) is 0 Å². The van der Waals surface area contributed by atoms with E-state index in [0.29, 0.717) is 0 Å². The molecule has 1 heterocycles. The van der Waals surface area contributed by atoms with Crippen molar-refractivity contribution in [2.24, 2.45) is 0 Å². The van der Waals surface area contributed by atoms with Crippen LogP contribution in [0.25, 0.3) is 21.0 Å². The van der Waals surface area contributed by atoms with Crippen LogP contribution in [0, 0.1) is 0 Å². The Kier molecular flexibility index (Phi) is 2.93. The highest BCUT2D eigenvalue weighted by Gasteiger charge is 2.07. The predicted molar refractivity (Wildman–Crippen MR) is 81.8 cm³/mol. The molecule has 19 heavy (non-hydrogen) atoms. The number of hydrogen-bond acceptors (Lipinski definition) is 4. The van der Waals surface area contributed by atoms with Crippen LogP contribution in [0.2, 0.25) is 0 Å². The fourth-order valence-corrected chi connectivity index (χ4v) is 2.81. The highest BCUT2D eigenvalue weighted by Crippen LogP contribution is 2.33. The molecule has 0 amide bonds. The van der Waals surface area contributed by atoms with E-state index in [4.69, 9.17) is 11.5 Å². The lowest BCUT2D eigenvalue weighted by molar-refractivity contribution is 1.41. The summed E-state index contributed by atoms with van der Waals surface area (Å²) in [5, 5.41) is 0.963. The van der Waals surface area contributed by atoms with Gasteiger partial charge in [0.2, 0.25) is 0 Å². The molecule has 0 saturated heterocycles. The lowest BCUT2D eigenvalue weighted by atomic mass is 10.2. The molecular weight excluding hydrogens is 254 g/mol. The summed E-state index contributed by atoms with van der Waals surface area (Å²) in [5.41, 5.74) is 15.2. The van der Waals surface area contributed by atoms with Crippen molar-refractivity contribution < 1.29 is 0 Å². The van der Waals surface area contributed by atoms with Crippen LogP contribution < -0.4 is 11.5 Å². The second-order valence-electron chi connectivity index (χ2n) is 4.28. The normalized spacial score (nSPS) is 10.5. The van der Waals surface area contributed by atoms with E-state index in [-0.39, 0.29) is 0 Å². The number of rotatable bonds is 2. The van der Waals surface area contributed by atoms with Crippen LogP contribution in [0.3, 0.4) is 0 Å². The maximum absolute atomic E-state index is 5.80. The molecule has 4 heteroatoms. The average molecular weight is 267 g/mol. The minimum atomic E-state index is 0.748. The van der Waals surface area contributed by atoms with Gasteiger partial charge in [-0.15, -0.1) is 11.3 Å². The molecule has 0 fully saturated rings. The molecule has 0 bridgehead atoms. The van der Waals surface area contributed by atoms with Gasteiger partial charge >= 0.3 is 0 Å². The number of hydrogen-bond donors (Lipinski definition) is 2. The fraction of sp³-hybridized carbons (Fsp3) is 0. The Morgan fingerprint density at radius 3 is 2.16 bits per heavy atom. The first kappa shape index (κ1) is 11.7. The third kappa shape index (κ3) is 2.44. The van der Waals surface area contributed by atoms with E-state index in [1.54, 1.807) is 11.3 Å². The van der Waals surface area contributed by atoms with Crippen LogP contribution in [-0.4, -0.2) is 4.98 Å². The van der Waals surface area contributed by atoms with Gasteiger partial charge in [-0.25, -0.2) is 4.98 Å². The van der Waals surface area contributed by atoms with Gasteiger partial charge in [0.1, 0.15) is 5.01 Å². The molecular formula is C15H13N3S. The Bertz CT molecular complexity index is 659. The monoisotopic (exact) mass is 267 g/mol. The van der Waals surface area contributed by atoms with Crippen molar-refractivity contribution in [3.63, 3.8) is 0 Å². The molecule has 0 radical (unpaired) electrons. The SMILES string of the molecule is Nc1cccc(-c2cnc(-c3cccc(N)c3)s2)c1. The van der Waals surface area contributed by atoms with Crippen LogP contribution >= 0.6 is 11.3 Å². The van der Waals surface area contributed by atoms with Crippen molar-refractivity contribution in [2.45, 2.75) is 0 Å². The second-order valence-corrected chi connectivity index (χ2v) is 5.31. The Morgan fingerprint density at radius 2 is 1.47 bits per heavy atom. The van der Waals surface area contributed by atoms with Crippen molar-refractivity contribution in [3.05, 3.63) is 54.7 Å². The van der Waals surface area contributed by atoms with Crippen LogP contribution in [0.15, 0.2) is 54.7 Å². The Morgan fingerprint density at radius 1 is 0.842 bits per heavy atom. The van der Waals surface area contributed by atoms with Crippen LogP contribution in [0.4, 0.5) is 11.4 Å². The zero-order valence-corrected chi connectivity index (χ0v) is 11.0. The fourth-order valence-electron chi connectivity index (χ4n) is 1.90. The van der Waals surface area contributed by atoms with E-state index in [1.165, 1.54) is 0 Å². The molecule has 0 aliphatic carbocycles. The van der Waals surface area contributed by atoms with Gasteiger partial charge in [0.25, 0.3) is 0 Å². The largest absolute Gasteiger partial charge is 0.399 e.